The first-order chi connectivity index (χ1) is 8.17. The quantitative estimate of drug-likeness (QED) is 0.794. The minimum absolute atomic E-state index is 0.336. The average molecular weight is 256 g/mol. The van der Waals surface area contributed by atoms with Crippen molar-refractivity contribution in [3.8, 4) is 0 Å². The van der Waals surface area contributed by atoms with Crippen LogP contribution < -0.4 is 5.73 Å². The van der Waals surface area contributed by atoms with E-state index >= 15 is 0 Å². The summed E-state index contributed by atoms with van der Waals surface area (Å²) in [4.78, 5) is 2.44. The summed E-state index contributed by atoms with van der Waals surface area (Å²) in [7, 11) is 2.19. The molecule has 0 spiro atoms. The second kappa shape index (κ2) is 5.89. The molecule has 1 saturated carbocycles. The minimum Gasteiger partial charge on any atom is -0.389 e. The molecule has 3 heteroatoms. The number of rotatable bonds is 5. The molecule has 2 unspecified atom stereocenters. The van der Waals surface area contributed by atoms with Gasteiger partial charge in [-0.05, 0) is 58.4 Å². The summed E-state index contributed by atoms with van der Waals surface area (Å²) >= 11 is 0. The molecule has 3 nitrogen and oxygen atoms in total. The molecule has 0 bridgehead atoms. The Bertz CT molecular complexity index is 253. The molecule has 0 radical (unpaired) electrons. The molecule has 1 rings (SSSR count). The van der Waals surface area contributed by atoms with Crippen LogP contribution in [0.5, 0.6) is 0 Å². The van der Waals surface area contributed by atoms with Crippen LogP contribution in [0.1, 0.15) is 59.8 Å². The van der Waals surface area contributed by atoms with Crippen molar-refractivity contribution in [2.24, 2.45) is 11.1 Å². The summed E-state index contributed by atoms with van der Waals surface area (Å²) in [6.07, 6.45) is 5.92. The fraction of sp³-hybridized carbons (Fsp3) is 1.00. The van der Waals surface area contributed by atoms with Crippen molar-refractivity contribution in [3.63, 3.8) is 0 Å². The van der Waals surface area contributed by atoms with Crippen molar-refractivity contribution in [3.05, 3.63) is 0 Å². The first-order valence-corrected chi connectivity index (χ1v) is 7.31. The van der Waals surface area contributed by atoms with E-state index in [0.29, 0.717) is 24.0 Å². The third-order valence-corrected chi connectivity index (χ3v) is 4.75. The SMILES string of the molecule is CC(CC(C)(O)CN)N(C)C1CCC(C)(C)CC1. The third-order valence-electron chi connectivity index (χ3n) is 4.75. The predicted octanol–water partition coefficient (Wildman–Crippen LogP) is 2.38. The van der Waals surface area contributed by atoms with Gasteiger partial charge in [-0.25, -0.2) is 0 Å². The van der Waals surface area contributed by atoms with Crippen LogP contribution in [0.25, 0.3) is 0 Å². The van der Waals surface area contributed by atoms with Gasteiger partial charge in [0.2, 0.25) is 0 Å². The van der Waals surface area contributed by atoms with Crippen LogP contribution in [0.15, 0.2) is 0 Å². The fourth-order valence-corrected chi connectivity index (χ4v) is 3.01. The van der Waals surface area contributed by atoms with Crippen molar-refractivity contribution >= 4 is 0 Å². The van der Waals surface area contributed by atoms with Gasteiger partial charge in [-0.1, -0.05) is 13.8 Å². The molecule has 0 aliphatic heterocycles. The molecule has 18 heavy (non-hydrogen) atoms. The zero-order valence-electron chi connectivity index (χ0n) is 12.9. The summed E-state index contributed by atoms with van der Waals surface area (Å²) in [6, 6.07) is 1.05. The highest BCUT2D eigenvalue weighted by molar-refractivity contribution is 4.87. The van der Waals surface area contributed by atoms with Crippen LogP contribution in [-0.4, -0.2) is 41.3 Å². The van der Waals surface area contributed by atoms with E-state index in [2.05, 4.69) is 32.7 Å². The number of aliphatic hydroxyl groups is 1. The van der Waals surface area contributed by atoms with Crippen LogP contribution in [0.4, 0.5) is 0 Å². The highest BCUT2D eigenvalue weighted by Gasteiger charge is 2.32. The lowest BCUT2D eigenvalue weighted by atomic mass is 9.75. The monoisotopic (exact) mass is 256 g/mol. The van der Waals surface area contributed by atoms with Gasteiger partial charge >= 0.3 is 0 Å². The molecule has 0 heterocycles. The Balaban J connectivity index is 2.47. The molecule has 3 N–H and O–H groups in total. The molecule has 0 aromatic rings. The Morgan fingerprint density at radius 2 is 1.89 bits per heavy atom. The van der Waals surface area contributed by atoms with Gasteiger partial charge in [0.05, 0.1) is 5.60 Å². The molecule has 1 aliphatic carbocycles. The van der Waals surface area contributed by atoms with Crippen LogP contribution in [0.2, 0.25) is 0 Å². The molecule has 0 saturated heterocycles. The number of hydrogen-bond acceptors (Lipinski definition) is 3. The summed E-state index contributed by atoms with van der Waals surface area (Å²) in [5, 5.41) is 10.1. The fourth-order valence-electron chi connectivity index (χ4n) is 3.01. The van der Waals surface area contributed by atoms with Gasteiger partial charge in [0, 0.05) is 18.6 Å². The molecule has 108 valence electrons. The Morgan fingerprint density at radius 1 is 1.39 bits per heavy atom. The molecule has 2 atom stereocenters. The lowest BCUT2D eigenvalue weighted by Gasteiger charge is -2.42. The summed E-state index contributed by atoms with van der Waals surface area (Å²) in [6.45, 7) is 9.10. The van der Waals surface area contributed by atoms with Crippen molar-refractivity contribution in [1.82, 2.24) is 4.90 Å². The molecule has 1 fully saturated rings. The predicted molar refractivity (Wildman–Crippen MR) is 77.6 cm³/mol. The molecular weight excluding hydrogens is 224 g/mol. The molecule has 0 aromatic heterocycles. The van der Waals surface area contributed by atoms with Crippen molar-refractivity contribution in [2.45, 2.75) is 77.5 Å². The highest BCUT2D eigenvalue weighted by atomic mass is 16.3. The zero-order chi connectivity index (χ0) is 14.0. The number of nitrogens with two attached hydrogens (primary N) is 1. The van der Waals surface area contributed by atoms with Crippen LogP contribution in [0.3, 0.4) is 0 Å². The molecule has 1 aliphatic rings. The average Bonchev–Trinajstić information content (AvgIpc) is 2.27. The van der Waals surface area contributed by atoms with E-state index in [1.54, 1.807) is 0 Å². The maximum Gasteiger partial charge on any atom is 0.0756 e. The highest BCUT2D eigenvalue weighted by Crippen LogP contribution is 2.37. The van der Waals surface area contributed by atoms with E-state index in [1.807, 2.05) is 6.92 Å². The maximum absolute atomic E-state index is 10.1. The molecule has 0 aromatic carbocycles. The summed E-state index contributed by atoms with van der Waals surface area (Å²) in [5.74, 6) is 0. The first kappa shape index (κ1) is 15.9. The van der Waals surface area contributed by atoms with Crippen LogP contribution in [-0.2, 0) is 0 Å². The maximum atomic E-state index is 10.1. The summed E-state index contributed by atoms with van der Waals surface area (Å²) in [5.41, 5.74) is 5.38. The van der Waals surface area contributed by atoms with Crippen molar-refractivity contribution < 1.29 is 5.11 Å². The summed E-state index contributed by atoms with van der Waals surface area (Å²) < 4.78 is 0. The van der Waals surface area contributed by atoms with E-state index in [9.17, 15) is 5.11 Å². The van der Waals surface area contributed by atoms with E-state index in [-0.39, 0.29) is 0 Å². The normalized spacial score (nSPS) is 26.0. The van der Waals surface area contributed by atoms with Gasteiger partial charge in [0.25, 0.3) is 0 Å². The largest absolute Gasteiger partial charge is 0.389 e. The zero-order valence-corrected chi connectivity index (χ0v) is 12.9. The smallest absolute Gasteiger partial charge is 0.0756 e. The van der Waals surface area contributed by atoms with Gasteiger partial charge in [0.15, 0.2) is 0 Å². The molecule has 0 amide bonds. The van der Waals surface area contributed by atoms with Gasteiger partial charge in [-0.15, -0.1) is 0 Å². The van der Waals surface area contributed by atoms with Gasteiger partial charge in [-0.2, -0.15) is 0 Å². The Morgan fingerprint density at radius 3 is 2.33 bits per heavy atom. The van der Waals surface area contributed by atoms with Crippen LogP contribution in [0, 0.1) is 5.41 Å². The Labute approximate surface area is 113 Å². The van der Waals surface area contributed by atoms with E-state index in [0.717, 1.165) is 6.42 Å². The van der Waals surface area contributed by atoms with Crippen molar-refractivity contribution in [1.29, 1.82) is 0 Å². The van der Waals surface area contributed by atoms with Crippen LogP contribution >= 0.6 is 0 Å². The number of hydrogen-bond donors (Lipinski definition) is 2. The topological polar surface area (TPSA) is 49.5 Å². The second-order valence-electron chi connectivity index (χ2n) is 7.32. The minimum atomic E-state index is -0.735. The molecular formula is C15H32N2O. The standard InChI is InChI=1S/C15H32N2O/c1-12(10-15(4,18)11-16)17(5)13-6-8-14(2,3)9-7-13/h12-13,18H,6-11,16H2,1-5H3. The Kier molecular flexibility index (Phi) is 5.22. The van der Waals surface area contributed by atoms with E-state index in [1.165, 1.54) is 25.7 Å². The van der Waals surface area contributed by atoms with Gasteiger partial charge in [-0.3, -0.25) is 0 Å². The Hall–Kier alpha value is -0.120. The van der Waals surface area contributed by atoms with Gasteiger partial charge < -0.3 is 15.7 Å². The second-order valence-corrected chi connectivity index (χ2v) is 7.32. The van der Waals surface area contributed by atoms with Gasteiger partial charge in [0.1, 0.15) is 0 Å². The van der Waals surface area contributed by atoms with E-state index < -0.39 is 5.60 Å². The van der Waals surface area contributed by atoms with Crippen molar-refractivity contribution in [2.75, 3.05) is 13.6 Å². The first-order valence-electron chi connectivity index (χ1n) is 7.31. The third kappa shape index (κ3) is 4.52. The lowest BCUT2D eigenvalue weighted by Crippen LogP contribution is -2.47. The van der Waals surface area contributed by atoms with E-state index in [4.69, 9.17) is 5.73 Å². The lowest BCUT2D eigenvalue weighted by molar-refractivity contribution is 0.0161. The number of nitrogens with zero attached hydrogens (tertiary/aromatic N) is 1.